The molecule has 0 bridgehead atoms. The number of carbonyl (C=O) groups is 2. The SMILES string of the molecule is CCCCCCOC(c1ccc(C(=O)N[C@@H](CCSC)C(=O)O)c(-c2ccccc2C)c1)C1CCCCC1.[H-].[Li+]. The second-order valence-corrected chi connectivity index (χ2v) is 11.5. The Bertz CT molecular complexity index is 1050. The Hall–Kier alpha value is -1.71. The van der Waals surface area contributed by atoms with Crippen LogP contribution in [-0.4, -0.2) is 41.6 Å². The molecule has 0 aliphatic heterocycles. The molecule has 39 heavy (non-hydrogen) atoms. The summed E-state index contributed by atoms with van der Waals surface area (Å²) in [6.07, 6.45) is 13.1. The standard InChI is InChI=1S/C32H45NO4S.Li.H/c1-4-5-6-12-20-37-30(24-14-8-7-9-15-24)25-17-18-27(28(22-25)26-16-11-10-13-23(26)2)31(34)33-29(32(35)36)19-21-38-3;;/h10-11,13,16-18,22,24,29-30H,4-9,12,14-15,19-21H2,1-3H3,(H,33,34)(H,35,36);;/q;+1;-1/t29-,30?;;/m0../s1. The van der Waals surface area contributed by atoms with Gasteiger partial charge in [0.25, 0.3) is 5.91 Å². The van der Waals surface area contributed by atoms with E-state index in [2.05, 4.69) is 18.3 Å². The second kappa shape index (κ2) is 17.9. The Morgan fingerprint density at radius 3 is 2.49 bits per heavy atom. The molecule has 2 aromatic rings. The molecular formula is C32H46LiNO4S. The fourth-order valence-electron chi connectivity index (χ4n) is 5.44. The van der Waals surface area contributed by atoms with E-state index in [4.69, 9.17) is 4.74 Å². The van der Waals surface area contributed by atoms with Gasteiger partial charge in [0.05, 0.1) is 6.10 Å². The first-order chi connectivity index (χ1) is 18.5. The molecule has 7 heteroatoms. The number of aliphatic carboxylic acids is 1. The molecule has 1 fully saturated rings. The third-order valence-electron chi connectivity index (χ3n) is 7.64. The van der Waals surface area contributed by atoms with Crippen LogP contribution in [0.2, 0.25) is 0 Å². The molecule has 2 atom stereocenters. The van der Waals surface area contributed by atoms with Crippen molar-refractivity contribution in [2.75, 3.05) is 18.6 Å². The van der Waals surface area contributed by atoms with Crippen molar-refractivity contribution in [3.05, 3.63) is 59.2 Å². The summed E-state index contributed by atoms with van der Waals surface area (Å²) in [5.41, 5.74) is 4.51. The van der Waals surface area contributed by atoms with Gasteiger partial charge in [0, 0.05) is 12.2 Å². The number of hydrogen-bond donors (Lipinski definition) is 2. The maximum absolute atomic E-state index is 13.5. The molecule has 0 radical (unpaired) electrons. The minimum Gasteiger partial charge on any atom is -1.00 e. The van der Waals surface area contributed by atoms with E-state index in [-0.39, 0.29) is 32.3 Å². The van der Waals surface area contributed by atoms with E-state index >= 15 is 0 Å². The molecule has 1 aliphatic rings. The normalized spacial score (nSPS) is 15.3. The van der Waals surface area contributed by atoms with Gasteiger partial charge in [-0.05, 0) is 84.9 Å². The van der Waals surface area contributed by atoms with E-state index < -0.39 is 12.0 Å². The molecule has 1 unspecified atom stereocenters. The molecule has 1 saturated carbocycles. The van der Waals surface area contributed by atoms with Crippen molar-refractivity contribution in [2.24, 2.45) is 5.92 Å². The Labute approximate surface area is 252 Å². The number of unbranched alkanes of at least 4 members (excludes halogenated alkanes) is 3. The van der Waals surface area contributed by atoms with E-state index in [1.165, 1.54) is 38.5 Å². The molecule has 1 amide bonds. The molecular weight excluding hydrogens is 501 g/mol. The zero-order chi connectivity index (χ0) is 27.3. The van der Waals surface area contributed by atoms with Crippen molar-refractivity contribution in [2.45, 2.75) is 90.2 Å². The van der Waals surface area contributed by atoms with Crippen LogP contribution in [0.3, 0.4) is 0 Å². The first kappa shape index (κ1) is 33.5. The first-order valence-electron chi connectivity index (χ1n) is 14.3. The monoisotopic (exact) mass is 547 g/mol. The first-order valence-corrected chi connectivity index (χ1v) is 15.7. The molecule has 0 aromatic heterocycles. The van der Waals surface area contributed by atoms with E-state index in [1.54, 1.807) is 11.8 Å². The fraction of sp³-hybridized carbons (Fsp3) is 0.562. The predicted octanol–water partition coefficient (Wildman–Crippen LogP) is 4.93. The van der Waals surface area contributed by atoms with Crippen LogP contribution in [0.1, 0.15) is 100 Å². The van der Waals surface area contributed by atoms with Gasteiger partial charge >= 0.3 is 24.8 Å². The molecule has 0 heterocycles. The number of ether oxygens (including phenoxy) is 1. The van der Waals surface area contributed by atoms with E-state index in [0.717, 1.165) is 48.1 Å². The summed E-state index contributed by atoms with van der Waals surface area (Å²) in [5, 5.41) is 12.5. The number of carboxylic acids is 1. The van der Waals surface area contributed by atoms with Crippen molar-refractivity contribution < 1.29 is 39.7 Å². The Morgan fingerprint density at radius 1 is 1.08 bits per heavy atom. The fourth-order valence-corrected chi connectivity index (χ4v) is 5.92. The number of amides is 1. The third-order valence-corrected chi connectivity index (χ3v) is 8.28. The molecule has 210 valence electrons. The maximum Gasteiger partial charge on any atom is 1.00 e. The quantitative estimate of drug-likeness (QED) is 0.244. The summed E-state index contributed by atoms with van der Waals surface area (Å²) in [4.78, 5) is 25.3. The second-order valence-electron chi connectivity index (χ2n) is 10.5. The van der Waals surface area contributed by atoms with Crippen LogP contribution < -0.4 is 24.2 Å². The minimum atomic E-state index is -1.00. The number of aryl methyl sites for hydroxylation is 1. The molecule has 3 rings (SSSR count). The smallest absolute Gasteiger partial charge is 1.00 e. The molecule has 2 aromatic carbocycles. The predicted molar refractivity (Wildman–Crippen MR) is 159 cm³/mol. The molecule has 2 N–H and O–H groups in total. The van der Waals surface area contributed by atoms with Gasteiger partial charge in [-0.2, -0.15) is 11.8 Å². The number of rotatable bonds is 15. The number of benzene rings is 2. The van der Waals surface area contributed by atoms with Crippen molar-refractivity contribution in [1.29, 1.82) is 0 Å². The van der Waals surface area contributed by atoms with Crippen LogP contribution in [0.5, 0.6) is 0 Å². The van der Waals surface area contributed by atoms with Crippen LogP contribution in [-0.2, 0) is 9.53 Å². The van der Waals surface area contributed by atoms with Crippen molar-refractivity contribution in [3.8, 4) is 11.1 Å². The summed E-state index contributed by atoms with van der Waals surface area (Å²) < 4.78 is 6.60. The molecule has 0 spiro atoms. The zero-order valence-corrected chi connectivity index (χ0v) is 25.2. The number of carboxylic acid groups (broad SMARTS) is 1. The van der Waals surface area contributed by atoms with Crippen LogP contribution in [0, 0.1) is 12.8 Å². The van der Waals surface area contributed by atoms with Gasteiger partial charge in [0.2, 0.25) is 0 Å². The Balaban J connectivity index is 0.00000400. The Kier molecular flexibility index (Phi) is 15.3. The molecule has 1 aliphatic carbocycles. The number of nitrogens with one attached hydrogen (secondary N) is 1. The van der Waals surface area contributed by atoms with Crippen LogP contribution in [0.4, 0.5) is 0 Å². The van der Waals surface area contributed by atoms with E-state index in [1.807, 2.05) is 49.6 Å². The summed E-state index contributed by atoms with van der Waals surface area (Å²) >= 11 is 1.57. The van der Waals surface area contributed by atoms with Crippen molar-refractivity contribution >= 4 is 23.6 Å². The summed E-state index contributed by atoms with van der Waals surface area (Å²) in [7, 11) is 0. The van der Waals surface area contributed by atoms with Crippen molar-refractivity contribution in [1.82, 2.24) is 5.32 Å². The van der Waals surface area contributed by atoms with E-state index in [9.17, 15) is 14.7 Å². The summed E-state index contributed by atoms with van der Waals surface area (Å²) in [5.74, 6) is -0.213. The van der Waals surface area contributed by atoms with Gasteiger partial charge < -0.3 is 16.6 Å². The topological polar surface area (TPSA) is 75.6 Å². The summed E-state index contributed by atoms with van der Waals surface area (Å²) in [6, 6.07) is 13.2. The largest absolute Gasteiger partial charge is 1.00 e. The minimum absolute atomic E-state index is 0. The van der Waals surface area contributed by atoms with Gasteiger partial charge in [0.1, 0.15) is 6.04 Å². The maximum atomic E-state index is 13.5. The Morgan fingerprint density at radius 2 is 1.82 bits per heavy atom. The van der Waals surface area contributed by atoms with Gasteiger partial charge in [-0.15, -0.1) is 0 Å². The van der Waals surface area contributed by atoms with Crippen molar-refractivity contribution in [3.63, 3.8) is 0 Å². The summed E-state index contributed by atoms with van der Waals surface area (Å²) in [6.45, 7) is 5.02. The molecule has 5 nitrogen and oxygen atoms in total. The number of thioether (sulfide) groups is 1. The zero-order valence-electron chi connectivity index (χ0n) is 25.3. The van der Waals surface area contributed by atoms with Gasteiger partial charge in [-0.1, -0.05) is 75.8 Å². The average molecular weight is 548 g/mol. The van der Waals surface area contributed by atoms with E-state index in [0.29, 0.717) is 23.7 Å². The molecule has 0 saturated heterocycles. The third kappa shape index (κ3) is 10.0. The number of carbonyl (C=O) groups excluding carboxylic acids is 1. The number of hydrogen-bond acceptors (Lipinski definition) is 4. The van der Waals surface area contributed by atoms with Crippen LogP contribution >= 0.6 is 11.8 Å². The van der Waals surface area contributed by atoms with Gasteiger partial charge in [-0.25, -0.2) is 4.79 Å². The van der Waals surface area contributed by atoms with Gasteiger partial charge in [-0.3, -0.25) is 4.79 Å². The average Bonchev–Trinajstić information content (AvgIpc) is 2.93. The van der Waals surface area contributed by atoms with Crippen LogP contribution in [0.25, 0.3) is 11.1 Å². The van der Waals surface area contributed by atoms with Gasteiger partial charge in [0.15, 0.2) is 0 Å². The van der Waals surface area contributed by atoms with Crippen LogP contribution in [0.15, 0.2) is 42.5 Å².